The highest BCUT2D eigenvalue weighted by Crippen LogP contribution is 2.39. The van der Waals surface area contributed by atoms with Crippen molar-refractivity contribution in [1.29, 1.82) is 0 Å². The first-order valence-electron chi connectivity index (χ1n) is 9.01. The molecule has 0 amide bonds. The summed E-state index contributed by atoms with van der Waals surface area (Å²) in [5.74, 6) is 0.332. The van der Waals surface area contributed by atoms with Crippen LogP contribution in [0.3, 0.4) is 0 Å². The van der Waals surface area contributed by atoms with Gasteiger partial charge in [-0.25, -0.2) is 4.39 Å². The number of aliphatic imine (C=N–C) groups is 1. The fourth-order valence-electron chi connectivity index (χ4n) is 3.25. The van der Waals surface area contributed by atoms with Gasteiger partial charge in [0.25, 0.3) is 0 Å². The Morgan fingerprint density at radius 1 is 1.25 bits per heavy atom. The summed E-state index contributed by atoms with van der Waals surface area (Å²) < 4.78 is 20.1. The van der Waals surface area contributed by atoms with E-state index in [1.165, 1.54) is 12.1 Å². The average molecular weight is 513 g/mol. The third-order valence-corrected chi connectivity index (χ3v) is 6.27. The lowest BCUT2D eigenvalue weighted by atomic mass is 10.0. The van der Waals surface area contributed by atoms with Gasteiger partial charge in [0, 0.05) is 45.7 Å². The SMILES string of the molecule is Fc1ccc(C2N=C(c3ccccn3)NC(CN3CCOCC3)=C2I)c(Cl)c1. The van der Waals surface area contributed by atoms with E-state index in [1.807, 2.05) is 18.2 Å². The predicted octanol–water partition coefficient (Wildman–Crippen LogP) is 3.94. The second-order valence-electron chi connectivity index (χ2n) is 6.60. The Morgan fingerprint density at radius 2 is 2.07 bits per heavy atom. The first kappa shape index (κ1) is 19.8. The fraction of sp³-hybridized carbons (Fsp3) is 0.300. The Bertz CT molecular complexity index is 916. The summed E-state index contributed by atoms with van der Waals surface area (Å²) >= 11 is 8.68. The van der Waals surface area contributed by atoms with Gasteiger partial charge in [-0.1, -0.05) is 23.7 Å². The minimum Gasteiger partial charge on any atom is -0.379 e. The molecular weight excluding hydrogens is 494 g/mol. The molecule has 1 aromatic carbocycles. The summed E-state index contributed by atoms with van der Waals surface area (Å²) in [5, 5.41) is 3.83. The molecule has 1 saturated heterocycles. The van der Waals surface area contributed by atoms with Crippen molar-refractivity contribution in [3.05, 3.63) is 74.0 Å². The van der Waals surface area contributed by atoms with Crippen molar-refractivity contribution < 1.29 is 9.13 Å². The highest BCUT2D eigenvalue weighted by molar-refractivity contribution is 14.1. The van der Waals surface area contributed by atoms with E-state index in [-0.39, 0.29) is 11.9 Å². The standard InChI is InChI=1S/C20H19ClFIN4O/c21-15-11-13(22)4-5-14(15)19-18(23)17(12-27-7-9-28-10-8-27)25-20(26-19)16-3-1-2-6-24-16/h1-6,11,19H,7-10,12H2,(H,25,26). The van der Waals surface area contributed by atoms with Crippen molar-refractivity contribution in [2.75, 3.05) is 32.8 Å². The Morgan fingerprint density at radius 3 is 2.79 bits per heavy atom. The Kier molecular flexibility index (Phi) is 6.25. The van der Waals surface area contributed by atoms with E-state index in [1.54, 1.807) is 12.3 Å². The van der Waals surface area contributed by atoms with Crippen LogP contribution >= 0.6 is 34.2 Å². The van der Waals surface area contributed by atoms with Gasteiger partial charge in [-0.15, -0.1) is 0 Å². The second-order valence-corrected chi connectivity index (χ2v) is 8.17. The van der Waals surface area contributed by atoms with Crippen LogP contribution in [0, 0.1) is 5.82 Å². The molecule has 2 aromatic rings. The molecule has 1 aromatic heterocycles. The fourth-order valence-corrected chi connectivity index (χ4v) is 4.30. The van der Waals surface area contributed by atoms with Gasteiger partial charge >= 0.3 is 0 Å². The van der Waals surface area contributed by atoms with E-state index in [2.05, 4.69) is 37.8 Å². The van der Waals surface area contributed by atoms with Crippen LogP contribution in [0.25, 0.3) is 0 Å². The Balaban J connectivity index is 1.72. The third-order valence-electron chi connectivity index (χ3n) is 4.71. The number of aromatic nitrogens is 1. The zero-order chi connectivity index (χ0) is 19.5. The summed E-state index contributed by atoms with van der Waals surface area (Å²) in [6.07, 6.45) is 1.74. The van der Waals surface area contributed by atoms with Gasteiger partial charge in [-0.3, -0.25) is 14.9 Å². The normalized spacial score (nSPS) is 20.7. The number of benzene rings is 1. The van der Waals surface area contributed by atoms with Crippen LogP contribution in [0.2, 0.25) is 5.02 Å². The van der Waals surface area contributed by atoms with Crippen LogP contribution in [0.1, 0.15) is 17.3 Å². The minimum absolute atomic E-state index is 0.303. The molecule has 0 aliphatic carbocycles. The summed E-state index contributed by atoms with van der Waals surface area (Å²) in [6, 6.07) is 9.87. The molecule has 2 aliphatic heterocycles. The predicted molar refractivity (Wildman–Crippen MR) is 116 cm³/mol. The summed E-state index contributed by atoms with van der Waals surface area (Å²) in [5.41, 5.74) is 2.60. The molecular formula is C20H19ClFIN4O. The number of hydrogen-bond acceptors (Lipinski definition) is 5. The monoisotopic (exact) mass is 512 g/mol. The lowest BCUT2D eigenvalue weighted by molar-refractivity contribution is 0.0418. The molecule has 4 rings (SSSR count). The lowest BCUT2D eigenvalue weighted by Crippen LogP contribution is -2.42. The molecule has 0 saturated carbocycles. The molecule has 1 unspecified atom stereocenters. The highest BCUT2D eigenvalue weighted by Gasteiger charge is 2.28. The number of morpholine rings is 1. The first-order chi connectivity index (χ1) is 13.6. The van der Waals surface area contributed by atoms with Gasteiger partial charge in [0.15, 0.2) is 5.84 Å². The number of pyridine rings is 1. The molecule has 1 N–H and O–H groups in total. The van der Waals surface area contributed by atoms with Crippen molar-refractivity contribution in [3.8, 4) is 0 Å². The molecule has 28 heavy (non-hydrogen) atoms. The Hall–Kier alpha value is -1.55. The van der Waals surface area contributed by atoms with Gasteiger partial charge in [0.2, 0.25) is 0 Å². The van der Waals surface area contributed by atoms with Crippen molar-refractivity contribution in [2.24, 2.45) is 4.99 Å². The quantitative estimate of drug-likeness (QED) is 0.631. The van der Waals surface area contributed by atoms with E-state index in [4.69, 9.17) is 21.3 Å². The van der Waals surface area contributed by atoms with Crippen molar-refractivity contribution in [3.63, 3.8) is 0 Å². The maximum absolute atomic E-state index is 13.6. The van der Waals surface area contributed by atoms with Gasteiger partial charge in [0.05, 0.1) is 13.2 Å². The molecule has 5 nitrogen and oxygen atoms in total. The number of hydrogen-bond donors (Lipinski definition) is 1. The van der Waals surface area contributed by atoms with Crippen LogP contribution in [-0.4, -0.2) is 48.6 Å². The summed E-state index contributed by atoms with van der Waals surface area (Å²) in [7, 11) is 0. The summed E-state index contributed by atoms with van der Waals surface area (Å²) in [4.78, 5) is 11.6. The third kappa shape index (κ3) is 4.37. The molecule has 2 aliphatic rings. The maximum atomic E-state index is 13.6. The number of halogens is 3. The highest BCUT2D eigenvalue weighted by atomic mass is 127. The van der Waals surface area contributed by atoms with Crippen molar-refractivity contribution >= 4 is 40.0 Å². The van der Waals surface area contributed by atoms with Gasteiger partial charge in [-0.05, 0) is 46.9 Å². The van der Waals surface area contributed by atoms with E-state index >= 15 is 0 Å². The zero-order valence-corrected chi connectivity index (χ0v) is 18.0. The van der Waals surface area contributed by atoms with Gasteiger partial charge in [-0.2, -0.15) is 0 Å². The van der Waals surface area contributed by atoms with E-state index in [0.717, 1.165) is 53.4 Å². The number of amidine groups is 1. The number of ether oxygens (including phenoxy) is 1. The molecule has 0 bridgehead atoms. The number of nitrogens with zero attached hydrogens (tertiary/aromatic N) is 3. The van der Waals surface area contributed by atoms with Crippen LogP contribution in [-0.2, 0) is 4.74 Å². The largest absolute Gasteiger partial charge is 0.379 e. The number of nitrogens with one attached hydrogen (secondary N) is 1. The summed E-state index contributed by atoms with van der Waals surface area (Å²) in [6.45, 7) is 3.99. The molecule has 8 heteroatoms. The molecule has 3 heterocycles. The minimum atomic E-state index is -0.357. The van der Waals surface area contributed by atoms with Crippen molar-refractivity contribution in [1.82, 2.24) is 15.2 Å². The maximum Gasteiger partial charge on any atom is 0.152 e. The smallest absolute Gasteiger partial charge is 0.152 e. The van der Waals surface area contributed by atoms with Crippen LogP contribution in [0.5, 0.6) is 0 Å². The molecule has 0 spiro atoms. The van der Waals surface area contributed by atoms with Crippen LogP contribution < -0.4 is 5.32 Å². The topological polar surface area (TPSA) is 49.8 Å². The average Bonchev–Trinajstić information content (AvgIpc) is 2.71. The van der Waals surface area contributed by atoms with Gasteiger partial charge in [0.1, 0.15) is 17.6 Å². The van der Waals surface area contributed by atoms with Crippen molar-refractivity contribution in [2.45, 2.75) is 6.04 Å². The molecule has 0 radical (unpaired) electrons. The molecule has 146 valence electrons. The van der Waals surface area contributed by atoms with Crippen LogP contribution in [0.15, 0.2) is 56.9 Å². The number of rotatable bonds is 4. The van der Waals surface area contributed by atoms with E-state index in [0.29, 0.717) is 10.9 Å². The van der Waals surface area contributed by atoms with Gasteiger partial charge < -0.3 is 10.1 Å². The Labute approximate surface area is 181 Å². The van der Waals surface area contributed by atoms with E-state index < -0.39 is 0 Å². The zero-order valence-electron chi connectivity index (χ0n) is 15.0. The lowest BCUT2D eigenvalue weighted by Gasteiger charge is -2.32. The van der Waals surface area contributed by atoms with Crippen LogP contribution in [0.4, 0.5) is 4.39 Å². The second kappa shape index (κ2) is 8.86. The molecule has 1 atom stereocenters. The first-order valence-corrected chi connectivity index (χ1v) is 10.5. The van der Waals surface area contributed by atoms with E-state index in [9.17, 15) is 4.39 Å². The molecule has 1 fully saturated rings.